The number of hydrogen-bond acceptors (Lipinski definition) is 6. The largest absolute Gasteiger partial charge is 1.00 e. The van der Waals surface area contributed by atoms with E-state index in [0.29, 0.717) is 29.7 Å². The van der Waals surface area contributed by atoms with Crippen LogP contribution < -0.4 is 62.8 Å². The van der Waals surface area contributed by atoms with E-state index in [2.05, 4.69) is 4.98 Å². The second-order valence-electron chi connectivity index (χ2n) is 4.44. The first-order valence-electron chi connectivity index (χ1n) is 5.74. The molecule has 0 fully saturated rings. The number of aromatic nitrogens is 2. The van der Waals surface area contributed by atoms with Gasteiger partial charge < -0.3 is 23.4 Å². The number of carbonyl (C=O) groups is 1. The molecule has 0 spiro atoms. The van der Waals surface area contributed by atoms with Crippen LogP contribution >= 0.6 is 11.3 Å². The Labute approximate surface area is 167 Å². The molecule has 3 heterocycles. The summed E-state index contributed by atoms with van der Waals surface area (Å²) in [6.45, 7) is 2.70. The van der Waals surface area contributed by atoms with Crippen LogP contribution in [0.25, 0.3) is 10.2 Å². The molecule has 2 aromatic heterocycles. The molecule has 0 radical (unpaired) electrons. The molecule has 6 nitrogen and oxygen atoms in total. The van der Waals surface area contributed by atoms with Gasteiger partial charge in [0.1, 0.15) is 4.83 Å². The predicted molar refractivity (Wildman–Crippen MR) is 74.5 cm³/mol. The second kappa shape index (κ2) is 5.99. The summed E-state index contributed by atoms with van der Waals surface area (Å²) in [5, 5.41) is 0.638. The van der Waals surface area contributed by atoms with E-state index in [-0.39, 0.29) is 68.0 Å². The maximum atomic E-state index is 12.2. The van der Waals surface area contributed by atoms with E-state index in [4.69, 9.17) is 18.5 Å². The molecule has 1 aliphatic heterocycles. The summed E-state index contributed by atoms with van der Waals surface area (Å²) in [4.78, 5) is 31.1. The fourth-order valence-corrected chi connectivity index (χ4v) is 3.76. The minimum absolute atomic E-state index is 0. The van der Waals surface area contributed by atoms with Gasteiger partial charge in [0.25, 0.3) is 5.56 Å². The van der Waals surface area contributed by atoms with E-state index in [1.807, 2.05) is 0 Å². The Bertz CT molecular complexity index is 755. The van der Waals surface area contributed by atoms with Crippen LogP contribution in [0.15, 0.2) is 9.95 Å². The number of rotatable bonds is 0. The molecule has 1 amide bonds. The zero-order valence-electron chi connectivity index (χ0n) is 11.2. The number of fused-ring (bicyclic) bond motifs is 3. The van der Waals surface area contributed by atoms with Gasteiger partial charge in [-0.3, -0.25) is 9.59 Å². The quantitative estimate of drug-likeness (QED) is 0.240. The molecule has 3 rings (SSSR count). The van der Waals surface area contributed by atoms with E-state index in [1.165, 1.54) is 11.3 Å². The minimum Gasteiger partial charge on any atom is -0.740 e. The van der Waals surface area contributed by atoms with Gasteiger partial charge in [0.15, 0.2) is 0 Å². The Morgan fingerprint density at radius 2 is 2.20 bits per heavy atom. The monoisotopic (exact) mass is 334 g/mol. The van der Waals surface area contributed by atoms with Gasteiger partial charge in [-0.25, -0.2) is 9.66 Å². The van der Waals surface area contributed by atoms with Gasteiger partial charge in [-0.05, 0) is 12.0 Å². The topological polar surface area (TPSA) is 81.2 Å². The third-order valence-electron chi connectivity index (χ3n) is 3.32. The number of thiophene rings is 1. The molecule has 100 valence electrons. The Morgan fingerprint density at radius 1 is 1.50 bits per heavy atom. The first-order chi connectivity index (χ1) is 8.99. The Morgan fingerprint density at radius 3 is 2.85 bits per heavy atom. The molecule has 1 aliphatic rings. The fourth-order valence-electron chi connectivity index (χ4n) is 2.31. The molecule has 0 aliphatic carbocycles. The van der Waals surface area contributed by atoms with E-state index in [1.54, 1.807) is 11.8 Å². The summed E-state index contributed by atoms with van der Waals surface area (Å²) in [6.07, 6.45) is 0.655. The maximum Gasteiger partial charge on any atom is 1.00 e. The number of nitrogens with two attached hydrogens (primary N) is 1. The predicted octanol–water partition coefficient (Wildman–Crippen LogP) is -3.01. The van der Waals surface area contributed by atoms with Crippen molar-refractivity contribution in [3.05, 3.63) is 20.8 Å². The van der Waals surface area contributed by atoms with E-state index < -0.39 is 0 Å². The molecule has 0 aromatic carbocycles. The average molecular weight is 334 g/mol. The van der Waals surface area contributed by atoms with Crippen LogP contribution in [0.1, 0.15) is 17.4 Å². The van der Waals surface area contributed by atoms with Crippen molar-refractivity contribution < 1.29 is 56.2 Å². The van der Waals surface area contributed by atoms with E-state index >= 15 is 0 Å². The standard InChI is InChI=1S/C11H12N4O2S2.K/c1-5(16)14-3-2-6-7(4-14)19-9-8(6)10(17)15(12)11(18)13-9;/h2-4,12H2,1H3,(H,13,18);/q;+1/p-1. The summed E-state index contributed by atoms with van der Waals surface area (Å²) in [5.74, 6) is 5.63. The van der Waals surface area contributed by atoms with Gasteiger partial charge in [0, 0.05) is 23.5 Å². The van der Waals surface area contributed by atoms with E-state index in [0.717, 1.165) is 15.1 Å². The Kier molecular flexibility index (Phi) is 4.89. The van der Waals surface area contributed by atoms with Crippen molar-refractivity contribution in [1.82, 2.24) is 14.6 Å². The van der Waals surface area contributed by atoms with Gasteiger partial charge in [-0.15, -0.1) is 11.3 Å². The van der Waals surface area contributed by atoms with E-state index in [9.17, 15) is 9.59 Å². The van der Waals surface area contributed by atoms with Crippen LogP contribution in [0.2, 0.25) is 0 Å². The van der Waals surface area contributed by atoms with Crippen molar-refractivity contribution >= 4 is 40.1 Å². The van der Waals surface area contributed by atoms with Crippen LogP contribution in [0, 0.1) is 0 Å². The van der Waals surface area contributed by atoms with Crippen LogP contribution in [0.3, 0.4) is 0 Å². The van der Waals surface area contributed by atoms with Crippen LogP contribution in [-0.4, -0.2) is 27.0 Å². The molecule has 0 atom stereocenters. The Balaban J connectivity index is 0.00000147. The van der Waals surface area contributed by atoms with Gasteiger partial charge in [-0.2, -0.15) is 0 Å². The molecule has 2 aromatic rings. The fraction of sp³-hybridized carbons (Fsp3) is 0.364. The van der Waals surface area contributed by atoms with Gasteiger partial charge in [-0.1, -0.05) is 0 Å². The Hall–Kier alpha value is -0.0336. The first kappa shape index (κ1) is 16.3. The summed E-state index contributed by atoms with van der Waals surface area (Å²) in [7, 11) is 0. The molecule has 20 heavy (non-hydrogen) atoms. The molecule has 0 saturated carbocycles. The number of nitrogens with zero attached hydrogens (tertiary/aromatic N) is 3. The van der Waals surface area contributed by atoms with Crippen molar-refractivity contribution in [2.24, 2.45) is 0 Å². The summed E-state index contributed by atoms with van der Waals surface area (Å²) in [6, 6.07) is 0. The van der Waals surface area contributed by atoms with Gasteiger partial charge in [0.05, 0.1) is 11.9 Å². The summed E-state index contributed by atoms with van der Waals surface area (Å²) < 4.78 is 0.905. The van der Waals surface area contributed by atoms with Crippen molar-refractivity contribution in [3.8, 4) is 0 Å². The minimum atomic E-state index is -0.302. The van der Waals surface area contributed by atoms with Crippen molar-refractivity contribution in [2.75, 3.05) is 12.4 Å². The van der Waals surface area contributed by atoms with Crippen LogP contribution in [0.5, 0.6) is 0 Å². The third-order valence-corrected chi connectivity index (χ3v) is 4.72. The molecular weight excluding hydrogens is 323 g/mol. The molecule has 2 N–H and O–H groups in total. The zero-order valence-corrected chi connectivity index (χ0v) is 15.9. The van der Waals surface area contributed by atoms with Crippen molar-refractivity contribution in [3.63, 3.8) is 0 Å². The summed E-state index contributed by atoms with van der Waals surface area (Å²) >= 11 is 6.36. The number of hydrogen-bond donors (Lipinski definition) is 1. The number of amides is 1. The smallest absolute Gasteiger partial charge is 0.740 e. The molecule has 0 bridgehead atoms. The SMILES string of the molecule is CC(=O)N1CCc2c(sc3nc([S-])n(N)c(=O)c23)C1.[K+]. The number of carbonyl (C=O) groups excluding carboxylic acids is 1. The van der Waals surface area contributed by atoms with Crippen molar-refractivity contribution in [2.45, 2.75) is 25.0 Å². The molecule has 9 heteroatoms. The third kappa shape index (κ3) is 2.56. The molecular formula is C11H11KN4O2S2. The molecule has 0 unspecified atom stereocenters. The molecule has 0 saturated heterocycles. The summed E-state index contributed by atoms with van der Waals surface area (Å²) in [5.41, 5.74) is 0.660. The van der Waals surface area contributed by atoms with Crippen molar-refractivity contribution in [1.29, 1.82) is 0 Å². The second-order valence-corrected chi connectivity index (χ2v) is 5.89. The average Bonchev–Trinajstić information content (AvgIpc) is 2.72. The zero-order chi connectivity index (χ0) is 13.7. The van der Waals surface area contributed by atoms with Crippen LogP contribution in [0.4, 0.5) is 0 Å². The van der Waals surface area contributed by atoms with Crippen LogP contribution in [-0.2, 0) is 30.4 Å². The number of nitrogen functional groups attached to an aromatic ring is 1. The van der Waals surface area contributed by atoms with Gasteiger partial charge >= 0.3 is 51.4 Å². The maximum absolute atomic E-state index is 12.2. The normalized spacial score (nSPS) is 13.9. The first-order valence-corrected chi connectivity index (χ1v) is 6.96. The van der Waals surface area contributed by atoms with Gasteiger partial charge in [0.2, 0.25) is 5.91 Å².